The predicted molar refractivity (Wildman–Crippen MR) is 138 cm³/mol. The molecular weight excluding hydrogens is 501 g/mol. The summed E-state index contributed by atoms with van der Waals surface area (Å²) in [5, 5.41) is 5.63. The van der Waals surface area contributed by atoms with Gasteiger partial charge < -0.3 is 29.7 Å². The third-order valence-electron chi connectivity index (χ3n) is 5.60. The second-order valence-corrected chi connectivity index (χ2v) is 8.66. The number of amides is 2. The molecular formula is C27H31F3N4O4. The quantitative estimate of drug-likeness (QED) is 0.362. The van der Waals surface area contributed by atoms with Gasteiger partial charge in [-0.2, -0.15) is 13.2 Å². The van der Waals surface area contributed by atoms with E-state index >= 15 is 0 Å². The number of hydrogen-bond acceptors (Lipinski definition) is 6. The van der Waals surface area contributed by atoms with E-state index in [1.807, 2.05) is 43.3 Å². The number of aromatic nitrogens is 1. The van der Waals surface area contributed by atoms with Crippen LogP contribution < -0.4 is 29.7 Å². The Morgan fingerprint density at radius 1 is 0.921 bits per heavy atom. The van der Waals surface area contributed by atoms with Gasteiger partial charge in [-0.05, 0) is 48.4 Å². The number of alkyl halides is 3. The first-order chi connectivity index (χ1) is 18.1. The molecule has 8 nitrogen and oxygen atoms in total. The van der Waals surface area contributed by atoms with Crippen LogP contribution in [0.3, 0.4) is 0 Å². The van der Waals surface area contributed by atoms with Gasteiger partial charge >= 0.3 is 12.2 Å². The molecule has 2 amide bonds. The molecule has 204 valence electrons. The zero-order valence-electron chi connectivity index (χ0n) is 21.7. The van der Waals surface area contributed by atoms with Crippen molar-refractivity contribution < 1.29 is 32.2 Å². The second kappa shape index (κ2) is 12.9. The number of benzene rings is 2. The summed E-state index contributed by atoms with van der Waals surface area (Å²) in [6.45, 7) is 0.893. The molecule has 0 fully saturated rings. The fourth-order valence-corrected chi connectivity index (χ4v) is 3.45. The molecule has 2 N–H and O–H groups in total. The number of carbonyl (C=O) groups excluding carboxylic acids is 1. The zero-order chi connectivity index (χ0) is 27.7. The van der Waals surface area contributed by atoms with Crippen molar-refractivity contribution in [3.63, 3.8) is 0 Å². The van der Waals surface area contributed by atoms with Crippen molar-refractivity contribution in [3.05, 3.63) is 77.1 Å². The van der Waals surface area contributed by atoms with Gasteiger partial charge in [0, 0.05) is 44.6 Å². The van der Waals surface area contributed by atoms with E-state index < -0.39 is 12.8 Å². The standard InChI is InChI=1S/C27H31F3N4O4/c1-18-22(31-12-11-23(18)38-17-27(28,29)30)16-37-24-10-7-20(13-25(24)36-4)15-33-26(35)32-14-19-5-8-21(9-6-19)34(2)3/h5-13H,14-17H2,1-4H3,(H2,32,33,35). The second-order valence-electron chi connectivity index (χ2n) is 8.66. The molecule has 0 atom stereocenters. The number of nitrogens with one attached hydrogen (secondary N) is 2. The van der Waals surface area contributed by atoms with E-state index in [1.165, 1.54) is 19.4 Å². The van der Waals surface area contributed by atoms with Crippen LogP contribution in [0.4, 0.5) is 23.7 Å². The number of methoxy groups -OCH3 is 1. The molecule has 0 saturated carbocycles. The lowest BCUT2D eigenvalue weighted by Crippen LogP contribution is -2.34. The van der Waals surface area contributed by atoms with Gasteiger partial charge in [0.2, 0.25) is 0 Å². The molecule has 1 heterocycles. The number of anilines is 1. The van der Waals surface area contributed by atoms with Gasteiger partial charge in [-0.15, -0.1) is 0 Å². The molecule has 0 bridgehead atoms. The van der Waals surface area contributed by atoms with Crippen molar-refractivity contribution in [1.29, 1.82) is 0 Å². The Morgan fingerprint density at radius 2 is 1.58 bits per heavy atom. The number of pyridine rings is 1. The summed E-state index contributed by atoms with van der Waals surface area (Å²) in [6.07, 6.45) is -3.07. The highest BCUT2D eigenvalue weighted by atomic mass is 19.4. The summed E-state index contributed by atoms with van der Waals surface area (Å²) in [4.78, 5) is 18.4. The largest absolute Gasteiger partial charge is 0.493 e. The Kier molecular flexibility index (Phi) is 9.64. The molecule has 3 rings (SSSR count). The van der Waals surface area contributed by atoms with Crippen LogP contribution in [-0.2, 0) is 19.7 Å². The summed E-state index contributed by atoms with van der Waals surface area (Å²) >= 11 is 0. The van der Waals surface area contributed by atoms with Crippen LogP contribution in [-0.4, -0.2) is 45.0 Å². The number of hydrogen-bond donors (Lipinski definition) is 2. The smallest absolute Gasteiger partial charge is 0.422 e. The third kappa shape index (κ3) is 8.46. The molecule has 0 unspecified atom stereocenters. The Hall–Kier alpha value is -4.15. The summed E-state index contributed by atoms with van der Waals surface area (Å²) in [5.41, 5.74) is 3.74. The average Bonchev–Trinajstić information content (AvgIpc) is 2.89. The Balaban J connectivity index is 1.53. The Bertz CT molecular complexity index is 1220. The molecule has 0 aliphatic rings. The fraction of sp³-hybridized carbons (Fsp3) is 0.333. The number of urea groups is 1. The maximum absolute atomic E-state index is 12.5. The molecule has 38 heavy (non-hydrogen) atoms. The van der Waals surface area contributed by atoms with E-state index in [0.29, 0.717) is 29.3 Å². The topological polar surface area (TPSA) is 85.0 Å². The highest BCUT2D eigenvalue weighted by Crippen LogP contribution is 2.30. The lowest BCUT2D eigenvalue weighted by atomic mass is 10.2. The Morgan fingerprint density at radius 3 is 2.21 bits per heavy atom. The van der Waals surface area contributed by atoms with Crippen LogP contribution in [0.2, 0.25) is 0 Å². The summed E-state index contributed by atoms with van der Waals surface area (Å²) in [5.74, 6) is 0.950. The van der Waals surface area contributed by atoms with E-state index in [4.69, 9.17) is 14.2 Å². The third-order valence-corrected chi connectivity index (χ3v) is 5.60. The minimum atomic E-state index is -4.44. The highest BCUT2D eigenvalue weighted by molar-refractivity contribution is 5.73. The molecule has 0 aliphatic carbocycles. The molecule has 0 radical (unpaired) electrons. The minimum Gasteiger partial charge on any atom is -0.493 e. The van der Waals surface area contributed by atoms with E-state index in [2.05, 4.69) is 15.6 Å². The van der Waals surface area contributed by atoms with Crippen LogP contribution in [0.1, 0.15) is 22.4 Å². The van der Waals surface area contributed by atoms with Gasteiger partial charge in [-0.25, -0.2) is 4.79 Å². The number of halogens is 3. The van der Waals surface area contributed by atoms with E-state index in [-0.39, 0.29) is 24.9 Å². The molecule has 0 spiro atoms. The predicted octanol–water partition coefficient (Wildman–Crippen LogP) is 4.98. The van der Waals surface area contributed by atoms with Gasteiger partial charge in [0.05, 0.1) is 12.8 Å². The van der Waals surface area contributed by atoms with Crippen LogP contribution in [0.15, 0.2) is 54.7 Å². The first-order valence-corrected chi connectivity index (χ1v) is 11.8. The van der Waals surface area contributed by atoms with Crippen LogP contribution in [0.25, 0.3) is 0 Å². The molecule has 3 aromatic rings. The van der Waals surface area contributed by atoms with Crippen molar-refractivity contribution in [2.45, 2.75) is 32.8 Å². The van der Waals surface area contributed by atoms with Crippen LogP contribution in [0, 0.1) is 6.92 Å². The first-order valence-electron chi connectivity index (χ1n) is 11.8. The van der Waals surface area contributed by atoms with E-state index in [1.54, 1.807) is 25.1 Å². The fourth-order valence-electron chi connectivity index (χ4n) is 3.45. The van der Waals surface area contributed by atoms with Gasteiger partial charge in [-0.1, -0.05) is 18.2 Å². The first kappa shape index (κ1) is 28.4. The van der Waals surface area contributed by atoms with Crippen molar-refractivity contribution in [3.8, 4) is 17.2 Å². The summed E-state index contributed by atoms with van der Waals surface area (Å²) in [7, 11) is 5.42. The number of carbonyl (C=O) groups is 1. The lowest BCUT2D eigenvalue weighted by molar-refractivity contribution is -0.153. The van der Waals surface area contributed by atoms with Crippen molar-refractivity contribution in [2.24, 2.45) is 0 Å². The van der Waals surface area contributed by atoms with Crippen LogP contribution >= 0.6 is 0 Å². The van der Waals surface area contributed by atoms with Gasteiger partial charge in [-0.3, -0.25) is 4.98 Å². The van der Waals surface area contributed by atoms with E-state index in [9.17, 15) is 18.0 Å². The Labute approximate surface area is 219 Å². The zero-order valence-corrected chi connectivity index (χ0v) is 21.7. The summed E-state index contributed by atoms with van der Waals surface area (Å²) in [6, 6.07) is 14.2. The van der Waals surface area contributed by atoms with Crippen LogP contribution in [0.5, 0.6) is 17.2 Å². The lowest BCUT2D eigenvalue weighted by Gasteiger charge is -2.15. The number of rotatable bonds is 11. The van der Waals surface area contributed by atoms with Gasteiger partial charge in [0.1, 0.15) is 12.4 Å². The van der Waals surface area contributed by atoms with E-state index in [0.717, 1.165) is 16.8 Å². The molecule has 0 saturated heterocycles. The van der Waals surface area contributed by atoms with Crippen molar-refractivity contribution >= 4 is 11.7 Å². The average molecular weight is 533 g/mol. The number of nitrogens with zero attached hydrogens (tertiary/aromatic N) is 2. The monoisotopic (exact) mass is 532 g/mol. The molecule has 11 heteroatoms. The normalized spacial score (nSPS) is 11.0. The number of ether oxygens (including phenoxy) is 3. The molecule has 2 aromatic carbocycles. The highest BCUT2D eigenvalue weighted by Gasteiger charge is 2.28. The van der Waals surface area contributed by atoms with Gasteiger partial charge in [0.15, 0.2) is 18.1 Å². The SMILES string of the molecule is COc1cc(CNC(=O)NCc2ccc(N(C)C)cc2)ccc1OCc1nccc(OCC(F)(F)F)c1C. The van der Waals surface area contributed by atoms with Gasteiger partial charge in [0.25, 0.3) is 0 Å². The van der Waals surface area contributed by atoms with Crippen molar-refractivity contribution in [2.75, 3.05) is 32.7 Å². The molecule has 1 aromatic heterocycles. The summed E-state index contributed by atoms with van der Waals surface area (Å²) < 4.78 is 53.6. The van der Waals surface area contributed by atoms with Crippen molar-refractivity contribution in [1.82, 2.24) is 15.6 Å². The maximum atomic E-state index is 12.5. The maximum Gasteiger partial charge on any atom is 0.422 e. The molecule has 0 aliphatic heterocycles. The minimum absolute atomic E-state index is 0.000929.